The molecule has 0 unspecified atom stereocenters. The van der Waals surface area contributed by atoms with Crippen LogP contribution in [0.2, 0.25) is 0 Å². The van der Waals surface area contributed by atoms with Crippen LogP contribution in [0.15, 0.2) is 22.6 Å². The fraction of sp³-hybridized carbons (Fsp3) is 0.429. The van der Waals surface area contributed by atoms with Crippen molar-refractivity contribution in [1.82, 2.24) is 15.5 Å². The molecule has 0 amide bonds. The zero-order valence-corrected chi connectivity index (χ0v) is 10.6. The predicted molar refractivity (Wildman–Crippen MR) is 68.1 cm³/mol. The van der Waals surface area contributed by atoms with Crippen molar-refractivity contribution in [2.45, 2.75) is 38.6 Å². The molecular formula is C14H15N3O2. The lowest BCUT2D eigenvalue weighted by molar-refractivity contribution is 0.134. The Morgan fingerprint density at radius 1 is 1.16 bits per heavy atom. The zero-order valence-electron chi connectivity index (χ0n) is 10.6. The molecule has 2 heterocycles. The first kappa shape index (κ1) is 11.1. The zero-order chi connectivity index (χ0) is 12.7. The summed E-state index contributed by atoms with van der Waals surface area (Å²) < 4.78 is 11.1. The van der Waals surface area contributed by atoms with Crippen molar-refractivity contribution in [1.29, 1.82) is 0 Å². The fourth-order valence-corrected chi connectivity index (χ4v) is 2.27. The first-order valence-electron chi connectivity index (χ1n) is 6.64. The van der Waals surface area contributed by atoms with Gasteiger partial charge >= 0.3 is 0 Å². The predicted octanol–water partition coefficient (Wildman–Crippen LogP) is 2.02. The van der Waals surface area contributed by atoms with Gasteiger partial charge in [0.2, 0.25) is 11.8 Å². The molecule has 5 heteroatoms. The fourth-order valence-electron chi connectivity index (χ4n) is 2.27. The third-order valence-corrected chi connectivity index (χ3v) is 3.55. The van der Waals surface area contributed by atoms with E-state index in [1.54, 1.807) is 0 Å². The quantitative estimate of drug-likeness (QED) is 0.908. The van der Waals surface area contributed by atoms with Crippen LogP contribution >= 0.6 is 0 Å². The van der Waals surface area contributed by atoms with Crippen LogP contribution in [0.3, 0.4) is 0 Å². The number of hydrogen-bond acceptors (Lipinski definition) is 5. The molecule has 19 heavy (non-hydrogen) atoms. The summed E-state index contributed by atoms with van der Waals surface area (Å²) in [6, 6.07) is 6.81. The van der Waals surface area contributed by atoms with Crippen LogP contribution in [0.25, 0.3) is 11.5 Å². The van der Waals surface area contributed by atoms with Crippen LogP contribution in [0.4, 0.5) is 0 Å². The van der Waals surface area contributed by atoms with Crippen molar-refractivity contribution in [2.24, 2.45) is 0 Å². The molecule has 4 rings (SSSR count). The number of fused-ring (bicyclic) bond motifs is 1. The lowest BCUT2D eigenvalue weighted by Gasteiger charge is -1.99. The molecule has 1 aliphatic carbocycles. The van der Waals surface area contributed by atoms with Gasteiger partial charge in [-0.05, 0) is 36.1 Å². The second-order valence-electron chi connectivity index (χ2n) is 5.13. The van der Waals surface area contributed by atoms with Crippen LogP contribution in [0.1, 0.15) is 29.9 Å². The van der Waals surface area contributed by atoms with Crippen LogP contribution in [0, 0.1) is 0 Å². The van der Waals surface area contributed by atoms with Gasteiger partial charge < -0.3 is 14.5 Å². The van der Waals surface area contributed by atoms with Gasteiger partial charge in [0.15, 0.2) is 0 Å². The second-order valence-corrected chi connectivity index (χ2v) is 5.13. The van der Waals surface area contributed by atoms with Gasteiger partial charge in [-0.1, -0.05) is 6.07 Å². The minimum atomic E-state index is 0.585. The van der Waals surface area contributed by atoms with E-state index in [0.29, 0.717) is 37.6 Å². The van der Waals surface area contributed by atoms with Gasteiger partial charge in [0, 0.05) is 11.6 Å². The molecule has 1 aromatic carbocycles. The lowest BCUT2D eigenvalue weighted by atomic mass is 10.1. The van der Waals surface area contributed by atoms with Crippen LogP contribution in [-0.4, -0.2) is 16.2 Å². The molecule has 2 aromatic rings. The molecule has 0 radical (unpaired) electrons. The summed E-state index contributed by atoms with van der Waals surface area (Å²) in [5.74, 6) is 1.24. The van der Waals surface area contributed by atoms with Gasteiger partial charge in [0.25, 0.3) is 0 Å². The number of hydrogen-bond donors (Lipinski definition) is 1. The summed E-state index contributed by atoms with van der Waals surface area (Å²) in [6.07, 6.45) is 2.51. The Morgan fingerprint density at radius 3 is 2.95 bits per heavy atom. The van der Waals surface area contributed by atoms with Crippen molar-refractivity contribution in [3.63, 3.8) is 0 Å². The standard InChI is InChI=1S/C14H15N3O2/c1-2-10-7-18-8-11(10)5-9(1)14-17-16-13(19-14)6-15-12-3-4-12/h1-2,5,12,15H,3-4,6-8H2. The van der Waals surface area contributed by atoms with Gasteiger partial charge in [-0.25, -0.2) is 0 Å². The van der Waals surface area contributed by atoms with E-state index in [-0.39, 0.29) is 0 Å². The highest BCUT2D eigenvalue weighted by Gasteiger charge is 2.21. The minimum absolute atomic E-state index is 0.585. The third-order valence-electron chi connectivity index (χ3n) is 3.55. The molecule has 0 atom stereocenters. The Morgan fingerprint density at radius 2 is 2.05 bits per heavy atom. The summed E-state index contributed by atoms with van der Waals surface area (Å²) >= 11 is 0. The van der Waals surface area contributed by atoms with E-state index in [2.05, 4.69) is 27.6 Å². The maximum absolute atomic E-state index is 5.68. The molecule has 5 nitrogen and oxygen atoms in total. The highest BCUT2D eigenvalue weighted by molar-refractivity contribution is 5.55. The summed E-state index contributed by atoms with van der Waals surface area (Å²) in [4.78, 5) is 0. The Balaban J connectivity index is 1.54. The van der Waals surface area contributed by atoms with E-state index in [9.17, 15) is 0 Å². The molecule has 1 fully saturated rings. The minimum Gasteiger partial charge on any atom is -0.419 e. The van der Waals surface area contributed by atoms with E-state index in [1.807, 2.05) is 6.07 Å². The van der Waals surface area contributed by atoms with Crippen LogP contribution in [0.5, 0.6) is 0 Å². The summed E-state index contributed by atoms with van der Waals surface area (Å²) in [5.41, 5.74) is 3.43. The van der Waals surface area contributed by atoms with E-state index in [0.717, 1.165) is 5.56 Å². The van der Waals surface area contributed by atoms with Crippen LogP contribution in [-0.2, 0) is 24.5 Å². The summed E-state index contributed by atoms with van der Waals surface area (Å²) in [5, 5.41) is 11.6. The van der Waals surface area contributed by atoms with Gasteiger partial charge in [-0.2, -0.15) is 0 Å². The maximum Gasteiger partial charge on any atom is 0.247 e. The molecule has 0 spiro atoms. The smallest absolute Gasteiger partial charge is 0.247 e. The van der Waals surface area contributed by atoms with E-state index in [1.165, 1.54) is 24.0 Å². The summed E-state index contributed by atoms with van der Waals surface area (Å²) in [6.45, 7) is 2.04. The molecule has 0 bridgehead atoms. The molecule has 1 saturated carbocycles. The summed E-state index contributed by atoms with van der Waals surface area (Å²) in [7, 11) is 0. The number of ether oxygens (including phenoxy) is 1. The Hall–Kier alpha value is -1.72. The highest BCUT2D eigenvalue weighted by atomic mass is 16.5. The number of nitrogens with zero attached hydrogens (tertiary/aromatic N) is 2. The monoisotopic (exact) mass is 257 g/mol. The number of nitrogens with one attached hydrogen (secondary N) is 1. The van der Waals surface area contributed by atoms with Crippen molar-refractivity contribution in [2.75, 3.05) is 0 Å². The average molecular weight is 257 g/mol. The highest BCUT2D eigenvalue weighted by Crippen LogP contribution is 2.26. The van der Waals surface area contributed by atoms with E-state index >= 15 is 0 Å². The SMILES string of the molecule is c1cc2c(cc1-c1nnc(CNC3CC3)o1)COC2. The Bertz CT molecular complexity index is 604. The molecule has 98 valence electrons. The van der Waals surface area contributed by atoms with E-state index < -0.39 is 0 Å². The molecule has 1 N–H and O–H groups in total. The van der Waals surface area contributed by atoms with Crippen molar-refractivity contribution in [3.8, 4) is 11.5 Å². The molecular weight excluding hydrogens is 242 g/mol. The number of aromatic nitrogens is 2. The lowest BCUT2D eigenvalue weighted by Crippen LogP contribution is -2.15. The third kappa shape index (κ3) is 2.27. The van der Waals surface area contributed by atoms with Gasteiger partial charge in [0.05, 0.1) is 19.8 Å². The Kier molecular flexibility index (Phi) is 2.60. The van der Waals surface area contributed by atoms with Crippen molar-refractivity contribution in [3.05, 3.63) is 35.2 Å². The van der Waals surface area contributed by atoms with E-state index in [4.69, 9.17) is 9.15 Å². The number of rotatable bonds is 4. The van der Waals surface area contributed by atoms with Gasteiger partial charge in [-0.3, -0.25) is 0 Å². The molecule has 1 aromatic heterocycles. The number of benzene rings is 1. The first-order chi connectivity index (χ1) is 9.38. The molecule has 1 aliphatic heterocycles. The van der Waals surface area contributed by atoms with Crippen molar-refractivity contribution >= 4 is 0 Å². The largest absolute Gasteiger partial charge is 0.419 e. The molecule has 0 saturated heterocycles. The maximum atomic E-state index is 5.68. The Labute approximate surface area is 111 Å². The molecule has 2 aliphatic rings. The average Bonchev–Trinajstić information content (AvgIpc) is 2.96. The first-order valence-corrected chi connectivity index (χ1v) is 6.64. The van der Waals surface area contributed by atoms with Gasteiger partial charge in [-0.15, -0.1) is 10.2 Å². The normalized spacial score (nSPS) is 17.7. The van der Waals surface area contributed by atoms with Crippen molar-refractivity contribution < 1.29 is 9.15 Å². The van der Waals surface area contributed by atoms with Gasteiger partial charge in [0.1, 0.15) is 0 Å². The second kappa shape index (κ2) is 4.43. The topological polar surface area (TPSA) is 60.2 Å². The van der Waals surface area contributed by atoms with Crippen LogP contribution < -0.4 is 5.32 Å².